The predicted molar refractivity (Wildman–Crippen MR) is 222 cm³/mol. The molecular weight excluding hydrogens is 720 g/mol. The zero-order valence-corrected chi connectivity index (χ0v) is 35.5. The Hall–Kier alpha value is -4.10. The second kappa shape index (κ2) is 18.6. The standard InChI is InChI=1S/2C23H19.C2H6Si.2CH3.Zr/c2*1-17-9-3-6-12-20(17)23(21-13-7-4-10-18(21)2)16-15-19-11-5-8-14-22(19)23;1-3-2;;;/h2*3-14,16H,1-2H3;1-2H3;2*1H3;/q2*-1;;2*-1;+4. The number of fused-ring (bicyclic) bond motifs is 2. The minimum atomic E-state index is -0.243. The first kappa shape index (κ1) is 42.3. The minimum absolute atomic E-state index is 0. The third-order valence-corrected chi connectivity index (χ3v) is 9.87. The number of allylic oxidation sites excluding steroid dienone is 2. The quantitative estimate of drug-likeness (QED) is 0.124. The molecule has 0 bridgehead atoms. The molecule has 2 heteroatoms. The SMILES string of the molecule is C[Si]C.Cc1ccccc1C1(c2ccccc2C)C=[C-]c2ccccc21.Cc1ccccc1C1(c2ccccc2C)C=[C-]c2ccccc21.[CH3-].[CH3-].[Zr+4]. The molecule has 0 nitrogen and oxygen atoms in total. The fourth-order valence-electron chi connectivity index (χ4n) is 7.68. The summed E-state index contributed by atoms with van der Waals surface area (Å²) in [6, 6.07) is 52.0. The van der Waals surface area contributed by atoms with Crippen molar-refractivity contribution >= 4 is 9.52 Å². The van der Waals surface area contributed by atoms with E-state index in [-0.39, 0.29) is 51.9 Å². The van der Waals surface area contributed by atoms with Gasteiger partial charge >= 0.3 is 26.2 Å². The van der Waals surface area contributed by atoms with Gasteiger partial charge in [0, 0.05) is 20.3 Å². The van der Waals surface area contributed by atoms with Crippen molar-refractivity contribution in [2.75, 3.05) is 0 Å². The van der Waals surface area contributed by atoms with Gasteiger partial charge in [-0.1, -0.05) is 122 Å². The van der Waals surface area contributed by atoms with Crippen LogP contribution in [0.3, 0.4) is 0 Å². The van der Waals surface area contributed by atoms with E-state index >= 15 is 0 Å². The Bertz CT molecular complexity index is 1890. The Morgan fingerprint density at radius 3 is 0.827 bits per heavy atom. The zero-order chi connectivity index (χ0) is 34.4. The number of hydrogen-bond donors (Lipinski definition) is 0. The van der Waals surface area contributed by atoms with Crippen LogP contribution in [0.2, 0.25) is 13.1 Å². The van der Waals surface area contributed by atoms with E-state index in [2.05, 4.69) is 211 Å². The monoisotopic (exact) mass is 768 g/mol. The summed E-state index contributed by atoms with van der Waals surface area (Å²) in [7, 11) is 1.08. The van der Waals surface area contributed by atoms with E-state index in [4.69, 9.17) is 0 Å². The van der Waals surface area contributed by atoms with Gasteiger partial charge in [-0.3, -0.25) is 0 Å². The maximum absolute atomic E-state index is 3.52. The van der Waals surface area contributed by atoms with E-state index in [1.807, 2.05) is 0 Å². The molecule has 2 aliphatic rings. The van der Waals surface area contributed by atoms with E-state index in [9.17, 15) is 0 Å². The van der Waals surface area contributed by atoms with Gasteiger partial charge in [-0.2, -0.15) is 35.4 Å². The second-order valence-corrected chi connectivity index (χ2v) is 14.0. The van der Waals surface area contributed by atoms with Crippen LogP contribution >= 0.6 is 0 Å². The number of hydrogen-bond acceptors (Lipinski definition) is 0. The van der Waals surface area contributed by atoms with E-state index in [1.165, 1.54) is 66.8 Å². The first-order chi connectivity index (χ1) is 23.9. The molecule has 0 atom stereocenters. The minimum Gasteiger partial charge on any atom is -0.358 e. The fourth-order valence-corrected chi connectivity index (χ4v) is 7.68. The molecule has 0 heterocycles. The van der Waals surface area contributed by atoms with E-state index in [0.29, 0.717) is 0 Å². The molecule has 0 unspecified atom stereocenters. The molecule has 0 spiro atoms. The maximum atomic E-state index is 3.52. The molecule has 8 rings (SSSR count). The molecule has 0 saturated heterocycles. The van der Waals surface area contributed by atoms with Crippen LogP contribution in [0.1, 0.15) is 66.8 Å². The third kappa shape index (κ3) is 7.66. The molecule has 0 N–H and O–H groups in total. The molecule has 52 heavy (non-hydrogen) atoms. The van der Waals surface area contributed by atoms with Gasteiger partial charge in [-0.05, 0) is 72.2 Å². The van der Waals surface area contributed by atoms with Crippen LogP contribution in [0.15, 0.2) is 158 Å². The van der Waals surface area contributed by atoms with Crippen molar-refractivity contribution in [3.05, 3.63) is 252 Å². The van der Waals surface area contributed by atoms with Crippen LogP contribution in [0.25, 0.3) is 0 Å². The summed E-state index contributed by atoms with van der Waals surface area (Å²) in [4.78, 5) is 0. The summed E-state index contributed by atoms with van der Waals surface area (Å²) >= 11 is 0. The van der Waals surface area contributed by atoms with Gasteiger partial charge in [-0.25, -0.2) is 0 Å². The van der Waals surface area contributed by atoms with Crippen molar-refractivity contribution in [2.45, 2.75) is 51.6 Å². The topological polar surface area (TPSA) is 0 Å². The second-order valence-electron chi connectivity index (χ2n) is 13.0. The molecule has 0 saturated carbocycles. The normalized spacial score (nSPS) is 13.3. The Balaban J connectivity index is 0.000000248. The first-order valence-electron chi connectivity index (χ1n) is 17.1. The maximum Gasteiger partial charge on any atom is 4.00 e. The number of aryl methyl sites for hydroxylation is 4. The molecule has 6 aromatic rings. The molecule has 0 aromatic heterocycles. The van der Waals surface area contributed by atoms with Gasteiger partial charge in [0.15, 0.2) is 0 Å². The molecular formula is C50H50SiZr. The van der Waals surface area contributed by atoms with Crippen LogP contribution in [-0.4, -0.2) is 9.52 Å². The van der Waals surface area contributed by atoms with Crippen molar-refractivity contribution in [2.24, 2.45) is 0 Å². The van der Waals surface area contributed by atoms with Gasteiger partial charge < -0.3 is 14.9 Å². The molecule has 0 fully saturated rings. The van der Waals surface area contributed by atoms with Crippen molar-refractivity contribution in [1.29, 1.82) is 0 Å². The van der Waals surface area contributed by atoms with Crippen LogP contribution in [0, 0.1) is 54.7 Å². The Kier molecular flexibility index (Phi) is 15.1. The summed E-state index contributed by atoms with van der Waals surface area (Å²) in [5.74, 6) is 0. The van der Waals surface area contributed by atoms with Crippen molar-refractivity contribution in [3.63, 3.8) is 0 Å². The van der Waals surface area contributed by atoms with E-state index < -0.39 is 0 Å². The average Bonchev–Trinajstić information content (AvgIpc) is 3.70. The third-order valence-electron chi connectivity index (χ3n) is 9.87. The van der Waals surface area contributed by atoms with E-state index in [1.54, 1.807) is 0 Å². The summed E-state index contributed by atoms with van der Waals surface area (Å²) < 4.78 is 0. The van der Waals surface area contributed by atoms with Crippen molar-refractivity contribution in [3.8, 4) is 0 Å². The van der Waals surface area contributed by atoms with Gasteiger partial charge in [0.05, 0.1) is 0 Å². The van der Waals surface area contributed by atoms with Gasteiger partial charge in [0.25, 0.3) is 0 Å². The molecule has 0 amide bonds. The average molecular weight is 770 g/mol. The molecule has 6 aromatic carbocycles. The van der Waals surface area contributed by atoms with Crippen LogP contribution in [0.5, 0.6) is 0 Å². The van der Waals surface area contributed by atoms with Gasteiger partial charge in [0.2, 0.25) is 0 Å². The number of rotatable bonds is 4. The largest absolute Gasteiger partial charge is 4.00 e. The number of benzene rings is 6. The summed E-state index contributed by atoms with van der Waals surface area (Å²) in [6.07, 6.45) is 11.5. The Morgan fingerprint density at radius 1 is 0.365 bits per heavy atom. The molecule has 258 valence electrons. The Labute approximate surface area is 336 Å². The molecule has 2 aliphatic carbocycles. The van der Waals surface area contributed by atoms with Gasteiger partial charge in [0.1, 0.15) is 0 Å². The summed E-state index contributed by atoms with van der Waals surface area (Å²) in [5.41, 5.74) is 15.1. The first-order valence-corrected chi connectivity index (χ1v) is 19.1. The van der Waals surface area contributed by atoms with Crippen molar-refractivity contribution < 1.29 is 26.2 Å². The van der Waals surface area contributed by atoms with E-state index in [0.717, 1.165) is 9.52 Å². The fraction of sp³-hybridized carbons (Fsp3) is 0.160. The zero-order valence-electron chi connectivity index (χ0n) is 32.0. The van der Waals surface area contributed by atoms with Crippen LogP contribution in [0.4, 0.5) is 0 Å². The smallest absolute Gasteiger partial charge is 0.358 e. The van der Waals surface area contributed by atoms with Crippen LogP contribution in [-0.2, 0) is 37.0 Å². The van der Waals surface area contributed by atoms with Gasteiger partial charge in [-0.15, -0.1) is 47.5 Å². The predicted octanol–water partition coefficient (Wildman–Crippen LogP) is 12.4. The van der Waals surface area contributed by atoms with Crippen LogP contribution < -0.4 is 0 Å². The summed E-state index contributed by atoms with van der Waals surface area (Å²) in [5, 5.41) is 0. The Morgan fingerprint density at radius 2 is 0.577 bits per heavy atom. The molecule has 0 aliphatic heterocycles. The van der Waals surface area contributed by atoms with Crippen molar-refractivity contribution in [1.82, 2.24) is 0 Å². The molecule has 2 radical (unpaired) electrons. The summed E-state index contributed by atoms with van der Waals surface area (Å²) in [6.45, 7) is 13.1.